The van der Waals surface area contributed by atoms with Gasteiger partial charge in [0.1, 0.15) is 0 Å². The van der Waals surface area contributed by atoms with Crippen molar-refractivity contribution in [3.05, 3.63) is 206 Å². The Bertz CT molecular complexity index is 3650. The zero-order valence-electron chi connectivity index (χ0n) is 31.5. The smallest absolute Gasteiger partial charge is 0.0547 e. The molecular weight excluding hydrogens is 701 g/mol. The summed E-state index contributed by atoms with van der Waals surface area (Å²) in [4.78, 5) is 0. The molecule has 0 aliphatic heterocycles. The second-order valence-electron chi connectivity index (χ2n) is 15.7. The summed E-state index contributed by atoms with van der Waals surface area (Å²) in [5.74, 6) is 0. The molecule has 0 radical (unpaired) electrons. The Hall–Kier alpha value is -7.68. The topological polar surface area (TPSA) is 9.86 Å². The first-order valence-corrected chi connectivity index (χ1v) is 20.1. The van der Waals surface area contributed by atoms with Gasteiger partial charge in [0.25, 0.3) is 0 Å². The summed E-state index contributed by atoms with van der Waals surface area (Å²) in [6.45, 7) is 0. The highest BCUT2D eigenvalue weighted by atomic mass is 15.0. The van der Waals surface area contributed by atoms with Crippen molar-refractivity contribution in [1.29, 1.82) is 0 Å². The van der Waals surface area contributed by atoms with Crippen LogP contribution in [0.1, 0.15) is 0 Å². The van der Waals surface area contributed by atoms with E-state index in [9.17, 15) is 0 Å². The van der Waals surface area contributed by atoms with Crippen LogP contribution in [-0.2, 0) is 0 Å². The highest BCUT2D eigenvalue weighted by Crippen LogP contribution is 2.49. The Labute approximate surface area is 335 Å². The summed E-state index contributed by atoms with van der Waals surface area (Å²) in [6.07, 6.45) is 0. The number of hydrogen-bond donors (Lipinski definition) is 0. The molecule has 0 saturated carbocycles. The number of benzene rings is 10. The minimum atomic E-state index is 1.15. The second kappa shape index (κ2) is 11.9. The molecule has 2 nitrogen and oxygen atoms in total. The first-order valence-electron chi connectivity index (χ1n) is 20.1. The van der Waals surface area contributed by atoms with Gasteiger partial charge in [-0.25, -0.2) is 0 Å². The normalized spacial score (nSPS) is 12.1. The van der Waals surface area contributed by atoms with E-state index in [-0.39, 0.29) is 0 Å². The van der Waals surface area contributed by atoms with Gasteiger partial charge in [0.15, 0.2) is 0 Å². The van der Waals surface area contributed by atoms with Gasteiger partial charge in [0.05, 0.1) is 22.1 Å². The highest BCUT2D eigenvalue weighted by molar-refractivity contribution is 6.22. The van der Waals surface area contributed by atoms with Crippen LogP contribution in [0.25, 0.3) is 121 Å². The molecule has 10 aromatic carbocycles. The van der Waals surface area contributed by atoms with Crippen LogP contribution < -0.4 is 0 Å². The lowest BCUT2D eigenvalue weighted by atomic mass is 9.94. The number of para-hydroxylation sites is 2. The van der Waals surface area contributed by atoms with E-state index < -0.39 is 0 Å². The average Bonchev–Trinajstić information content (AvgIpc) is 3.93. The van der Waals surface area contributed by atoms with Gasteiger partial charge in [0.2, 0.25) is 0 Å². The molecule has 0 fully saturated rings. The van der Waals surface area contributed by atoms with Gasteiger partial charge in [-0.05, 0) is 127 Å². The van der Waals surface area contributed by atoms with Gasteiger partial charge >= 0.3 is 0 Å². The maximum Gasteiger partial charge on any atom is 0.0547 e. The van der Waals surface area contributed by atoms with Crippen LogP contribution in [0.15, 0.2) is 206 Å². The second-order valence-corrected chi connectivity index (χ2v) is 15.7. The number of aromatic nitrogens is 2. The molecule has 0 bridgehead atoms. The van der Waals surface area contributed by atoms with Gasteiger partial charge < -0.3 is 9.13 Å². The third kappa shape index (κ3) is 4.37. The fourth-order valence-corrected chi connectivity index (χ4v) is 10.1. The fraction of sp³-hybridized carbons (Fsp3) is 0. The van der Waals surface area contributed by atoms with Crippen LogP contribution >= 0.6 is 0 Å². The van der Waals surface area contributed by atoms with Crippen molar-refractivity contribution < 1.29 is 0 Å². The molecule has 2 heterocycles. The van der Waals surface area contributed by atoms with E-state index in [0.29, 0.717) is 0 Å². The lowest BCUT2D eigenvalue weighted by Gasteiger charge is -2.13. The van der Waals surface area contributed by atoms with Crippen LogP contribution in [0.5, 0.6) is 0 Å². The molecule has 1 aliphatic carbocycles. The maximum absolute atomic E-state index is 2.47. The minimum absolute atomic E-state index is 1.15. The van der Waals surface area contributed by atoms with E-state index in [1.165, 1.54) is 115 Å². The van der Waals surface area contributed by atoms with Crippen LogP contribution in [0, 0.1) is 0 Å². The first-order chi connectivity index (χ1) is 28.8. The Balaban J connectivity index is 1.01. The Morgan fingerprint density at radius 1 is 0.241 bits per heavy atom. The molecule has 0 saturated heterocycles. The summed E-state index contributed by atoms with van der Waals surface area (Å²) in [5.41, 5.74) is 17.4. The zero-order chi connectivity index (χ0) is 37.9. The van der Waals surface area contributed by atoms with E-state index >= 15 is 0 Å². The van der Waals surface area contributed by atoms with E-state index in [2.05, 4.69) is 215 Å². The van der Waals surface area contributed by atoms with E-state index in [1.54, 1.807) is 0 Å². The van der Waals surface area contributed by atoms with Crippen molar-refractivity contribution in [3.63, 3.8) is 0 Å². The van der Waals surface area contributed by atoms with Crippen molar-refractivity contribution in [1.82, 2.24) is 9.13 Å². The Morgan fingerprint density at radius 2 is 0.810 bits per heavy atom. The molecule has 12 aromatic rings. The Morgan fingerprint density at radius 3 is 1.66 bits per heavy atom. The van der Waals surface area contributed by atoms with Crippen molar-refractivity contribution in [3.8, 4) is 55.9 Å². The van der Waals surface area contributed by atoms with Crippen LogP contribution in [0.2, 0.25) is 0 Å². The molecule has 0 atom stereocenters. The van der Waals surface area contributed by atoms with Crippen molar-refractivity contribution in [2.45, 2.75) is 0 Å². The van der Waals surface area contributed by atoms with Crippen molar-refractivity contribution in [2.24, 2.45) is 0 Å². The number of nitrogens with zero attached hydrogens (tertiary/aromatic N) is 2. The van der Waals surface area contributed by atoms with Gasteiger partial charge in [-0.15, -0.1) is 0 Å². The van der Waals surface area contributed by atoms with Gasteiger partial charge in [-0.2, -0.15) is 0 Å². The van der Waals surface area contributed by atoms with Crippen LogP contribution in [0.4, 0.5) is 0 Å². The molecule has 0 amide bonds. The van der Waals surface area contributed by atoms with Crippen LogP contribution in [-0.4, -0.2) is 9.13 Å². The molecule has 58 heavy (non-hydrogen) atoms. The van der Waals surface area contributed by atoms with E-state index in [1.807, 2.05) is 0 Å². The summed E-state index contributed by atoms with van der Waals surface area (Å²) < 4.78 is 4.85. The quantitative estimate of drug-likeness (QED) is 0.170. The summed E-state index contributed by atoms with van der Waals surface area (Å²) in [5, 5.41) is 10.2. The van der Waals surface area contributed by atoms with Gasteiger partial charge in [-0.1, -0.05) is 146 Å². The predicted molar refractivity (Wildman–Crippen MR) is 245 cm³/mol. The van der Waals surface area contributed by atoms with E-state index in [4.69, 9.17) is 0 Å². The Kier molecular flexibility index (Phi) is 6.47. The average molecular weight is 735 g/mol. The summed E-state index contributed by atoms with van der Waals surface area (Å²) in [7, 11) is 0. The fourth-order valence-electron chi connectivity index (χ4n) is 10.1. The number of hydrogen-bond acceptors (Lipinski definition) is 0. The van der Waals surface area contributed by atoms with Gasteiger partial charge in [-0.3, -0.25) is 0 Å². The molecule has 0 spiro atoms. The third-order valence-corrected chi connectivity index (χ3v) is 12.6. The molecule has 0 unspecified atom stereocenters. The van der Waals surface area contributed by atoms with Gasteiger partial charge in [0, 0.05) is 32.9 Å². The molecule has 1 aliphatic rings. The third-order valence-electron chi connectivity index (χ3n) is 12.6. The standard InChI is InChI=1S/C56H34N2/c1-2-14-39(15-3-1)57-51-23-9-8-20-45(51)49-33-36(25-29-52(49)57)37-26-30-53-50(34-37)56-42-17-5-4-12-35(42)24-31-54(56)58(53)40-16-10-13-38(32-40)41-27-28-48-44-19-7-6-18-43(44)47-22-11-21-46(41)55(47)48/h1-34H. The largest absolute Gasteiger partial charge is 0.309 e. The molecule has 2 heteroatoms. The summed E-state index contributed by atoms with van der Waals surface area (Å²) in [6, 6.07) is 76.2. The first kappa shape index (κ1) is 31.5. The molecule has 2 aromatic heterocycles. The number of rotatable bonds is 4. The molecule has 0 N–H and O–H groups in total. The molecule has 268 valence electrons. The van der Waals surface area contributed by atoms with Crippen molar-refractivity contribution >= 4 is 65.2 Å². The van der Waals surface area contributed by atoms with E-state index in [0.717, 1.165) is 5.69 Å². The lowest BCUT2D eigenvalue weighted by molar-refractivity contribution is 1.18. The highest BCUT2D eigenvalue weighted by Gasteiger charge is 2.23. The maximum atomic E-state index is 2.47. The van der Waals surface area contributed by atoms with Crippen LogP contribution in [0.3, 0.4) is 0 Å². The molecule has 13 rings (SSSR count). The van der Waals surface area contributed by atoms with Crippen molar-refractivity contribution in [2.75, 3.05) is 0 Å². The predicted octanol–water partition coefficient (Wildman–Crippen LogP) is 15.2. The monoisotopic (exact) mass is 734 g/mol. The lowest BCUT2D eigenvalue weighted by Crippen LogP contribution is -1.95. The summed E-state index contributed by atoms with van der Waals surface area (Å²) >= 11 is 0. The minimum Gasteiger partial charge on any atom is -0.309 e. The SMILES string of the molecule is c1ccc(-n2c3ccccc3c3cc(-c4ccc5c(c4)c4c6ccccc6ccc4n5-c4cccc(-c5ccc6c7c(cccc57)-c5ccccc5-6)c4)ccc32)cc1. The zero-order valence-corrected chi connectivity index (χ0v) is 31.5. The molecular formula is C56H34N2. The number of fused-ring (bicyclic) bond motifs is 11.